The van der Waals surface area contributed by atoms with Gasteiger partial charge in [-0.2, -0.15) is 5.26 Å². The van der Waals surface area contributed by atoms with E-state index in [1.165, 1.54) is 55.2 Å². The summed E-state index contributed by atoms with van der Waals surface area (Å²) in [5.41, 5.74) is 9.22. The molecule has 0 N–H and O–H groups in total. The van der Waals surface area contributed by atoms with Crippen molar-refractivity contribution in [2.24, 2.45) is 11.8 Å². The molecule has 2 atom stereocenters. The molecule has 4 saturated carbocycles. The molecule has 4 fully saturated rings. The molecule has 0 amide bonds. The van der Waals surface area contributed by atoms with Gasteiger partial charge < -0.3 is 0 Å². The molecule has 10 rings (SSSR count). The Kier molecular flexibility index (Phi) is 6.76. The second kappa shape index (κ2) is 11.3. The van der Waals surface area contributed by atoms with Gasteiger partial charge in [0.05, 0.1) is 11.6 Å². The smallest absolute Gasteiger partial charge is 0.164 e. The van der Waals surface area contributed by atoms with Crippen LogP contribution in [0.4, 0.5) is 0 Å². The lowest BCUT2D eigenvalue weighted by Gasteiger charge is -2.63. The Labute approximate surface area is 280 Å². The number of benzene rings is 3. The quantitative estimate of drug-likeness (QED) is 0.184. The van der Waals surface area contributed by atoms with Crippen molar-refractivity contribution in [2.45, 2.75) is 49.4 Å². The Hall–Kier alpha value is -5.54. The van der Waals surface area contributed by atoms with Crippen molar-refractivity contribution in [3.63, 3.8) is 0 Å². The van der Waals surface area contributed by atoms with Crippen LogP contribution in [-0.2, 0) is 10.8 Å². The van der Waals surface area contributed by atoms with E-state index in [0.717, 1.165) is 34.1 Å². The van der Waals surface area contributed by atoms with E-state index in [0.29, 0.717) is 23.0 Å². The van der Waals surface area contributed by atoms with Gasteiger partial charge >= 0.3 is 0 Å². The summed E-state index contributed by atoms with van der Waals surface area (Å²) in [5.74, 6) is 3.45. The summed E-state index contributed by atoms with van der Waals surface area (Å²) in [6.07, 6.45) is 14.8. The molecule has 0 radical (unpaired) electrons. The molecule has 0 spiro atoms. The molecule has 232 valence electrons. The second-order valence-electron chi connectivity index (χ2n) is 14.1. The summed E-state index contributed by atoms with van der Waals surface area (Å²) in [7, 11) is 0. The third-order valence-electron chi connectivity index (χ3n) is 11.2. The van der Waals surface area contributed by atoms with Crippen molar-refractivity contribution in [1.82, 2.24) is 24.9 Å². The Bertz CT molecular complexity index is 2060. The largest absolute Gasteiger partial charge is 0.265 e. The van der Waals surface area contributed by atoms with Crippen molar-refractivity contribution in [3.8, 4) is 51.4 Å². The van der Waals surface area contributed by atoms with Gasteiger partial charge in [0.2, 0.25) is 0 Å². The number of hydrogen-bond acceptors (Lipinski definition) is 6. The van der Waals surface area contributed by atoms with Crippen LogP contribution in [-0.4, -0.2) is 24.9 Å². The molecular formula is C42H34N6. The van der Waals surface area contributed by atoms with Crippen LogP contribution in [0, 0.1) is 23.2 Å². The van der Waals surface area contributed by atoms with Crippen LogP contribution in [0.1, 0.15) is 55.2 Å². The van der Waals surface area contributed by atoms with Crippen molar-refractivity contribution in [3.05, 3.63) is 139 Å². The first-order chi connectivity index (χ1) is 23.6. The molecule has 3 heterocycles. The fourth-order valence-electron chi connectivity index (χ4n) is 9.43. The van der Waals surface area contributed by atoms with E-state index in [2.05, 4.69) is 64.6 Å². The van der Waals surface area contributed by atoms with Gasteiger partial charge in [0, 0.05) is 41.5 Å². The molecule has 6 aromatic rings. The van der Waals surface area contributed by atoms with Crippen LogP contribution in [0.2, 0.25) is 0 Å². The Morgan fingerprint density at radius 2 is 0.854 bits per heavy atom. The van der Waals surface area contributed by atoms with Gasteiger partial charge in [-0.25, -0.2) is 15.0 Å². The van der Waals surface area contributed by atoms with Gasteiger partial charge in [0.25, 0.3) is 0 Å². The predicted molar refractivity (Wildman–Crippen MR) is 186 cm³/mol. The third-order valence-corrected chi connectivity index (χ3v) is 11.2. The van der Waals surface area contributed by atoms with Crippen LogP contribution in [0.25, 0.3) is 45.3 Å². The van der Waals surface area contributed by atoms with E-state index in [-0.39, 0.29) is 10.8 Å². The molecule has 3 aromatic heterocycles. The van der Waals surface area contributed by atoms with Crippen molar-refractivity contribution in [1.29, 1.82) is 5.26 Å². The molecule has 6 nitrogen and oxygen atoms in total. The van der Waals surface area contributed by atoms with Crippen molar-refractivity contribution in [2.75, 3.05) is 0 Å². The normalized spacial score (nSPS) is 23.9. The molecule has 2 unspecified atom stereocenters. The minimum atomic E-state index is 0.192. The first kappa shape index (κ1) is 28.7. The standard InChI is InChI=1S/C42H34N6/c43-26-28-1-3-31(4-2-28)32-5-9-36(10-6-32)41-22-29-21-30(23-41)25-42(24-29,27-41)37-11-7-33(8-12-37)38-46-39(34-13-17-44-18-14-34)48-40(47-38)35-15-19-45-20-16-35/h1-20,29-30H,21-25,27H2. The van der Waals surface area contributed by atoms with Crippen LogP contribution < -0.4 is 0 Å². The maximum absolute atomic E-state index is 9.19. The van der Waals surface area contributed by atoms with Gasteiger partial charge in [-0.1, -0.05) is 60.7 Å². The summed E-state index contributed by atoms with van der Waals surface area (Å²) >= 11 is 0. The van der Waals surface area contributed by atoms with E-state index in [1.54, 1.807) is 24.8 Å². The first-order valence-electron chi connectivity index (χ1n) is 16.9. The van der Waals surface area contributed by atoms with Gasteiger partial charge in [0.15, 0.2) is 17.5 Å². The molecular weight excluding hydrogens is 589 g/mol. The number of hydrogen-bond donors (Lipinski definition) is 0. The molecule has 4 aliphatic carbocycles. The van der Waals surface area contributed by atoms with Crippen LogP contribution in [0.3, 0.4) is 0 Å². The van der Waals surface area contributed by atoms with Gasteiger partial charge in [0.1, 0.15) is 0 Å². The zero-order chi connectivity index (χ0) is 32.1. The zero-order valence-electron chi connectivity index (χ0n) is 26.6. The van der Waals surface area contributed by atoms with Crippen LogP contribution >= 0.6 is 0 Å². The summed E-state index contributed by atoms with van der Waals surface area (Å²) in [6.45, 7) is 0. The average Bonchev–Trinajstić information content (AvgIpc) is 3.15. The van der Waals surface area contributed by atoms with E-state index in [9.17, 15) is 5.26 Å². The average molecular weight is 623 g/mol. The highest BCUT2D eigenvalue weighted by Gasteiger charge is 2.58. The first-order valence-corrected chi connectivity index (χ1v) is 16.9. The van der Waals surface area contributed by atoms with E-state index < -0.39 is 0 Å². The summed E-state index contributed by atoms with van der Waals surface area (Å²) in [6, 6.07) is 36.3. The van der Waals surface area contributed by atoms with E-state index in [4.69, 9.17) is 15.0 Å². The number of rotatable bonds is 6. The zero-order valence-corrected chi connectivity index (χ0v) is 26.6. The van der Waals surface area contributed by atoms with Crippen molar-refractivity contribution >= 4 is 0 Å². The van der Waals surface area contributed by atoms with Crippen LogP contribution in [0.15, 0.2) is 122 Å². The summed E-state index contributed by atoms with van der Waals surface area (Å²) in [4.78, 5) is 23.0. The summed E-state index contributed by atoms with van der Waals surface area (Å²) < 4.78 is 0. The highest BCUT2D eigenvalue weighted by Crippen LogP contribution is 2.66. The highest BCUT2D eigenvalue weighted by molar-refractivity contribution is 5.67. The number of pyridine rings is 2. The monoisotopic (exact) mass is 622 g/mol. The topological polar surface area (TPSA) is 88.2 Å². The van der Waals surface area contributed by atoms with E-state index >= 15 is 0 Å². The van der Waals surface area contributed by atoms with Crippen molar-refractivity contribution < 1.29 is 0 Å². The maximum atomic E-state index is 9.19. The van der Waals surface area contributed by atoms with Crippen LogP contribution in [0.5, 0.6) is 0 Å². The van der Waals surface area contributed by atoms with Gasteiger partial charge in [-0.3, -0.25) is 9.97 Å². The Balaban J connectivity index is 1.04. The lowest BCUT2D eigenvalue weighted by atomic mass is 9.41. The molecule has 4 aliphatic rings. The third kappa shape index (κ3) is 4.98. The minimum Gasteiger partial charge on any atom is -0.265 e. The molecule has 3 aromatic carbocycles. The highest BCUT2D eigenvalue weighted by atomic mass is 15.0. The minimum absolute atomic E-state index is 0.192. The maximum Gasteiger partial charge on any atom is 0.164 e. The predicted octanol–water partition coefficient (Wildman–Crippen LogP) is 8.99. The Morgan fingerprint density at radius 3 is 1.27 bits per heavy atom. The summed E-state index contributed by atoms with van der Waals surface area (Å²) in [5, 5.41) is 9.19. The van der Waals surface area contributed by atoms with Gasteiger partial charge in [-0.15, -0.1) is 0 Å². The number of nitriles is 1. The van der Waals surface area contributed by atoms with E-state index in [1.807, 2.05) is 48.5 Å². The van der Waals surface area contributed by atoms with Gasteiger partial charge in [-0.05, 0) is 120 Å². The number of nitrogens with zero attached hydrogens (tertiary/aromatic N) is 6. The lowest BCUT2D eigenvalue weighted by molar-refractivity contribution is -0.0281. The molecule has 6 heteroatoms. The molecule has 0 saturated heterocycles. The number of aromatic nitrogens is 5. The second-order valence-corrected chi connectivity index (χ2v) is 14.1. The molecule has 48 heavy (non-hydrogen) atoms. The lowest BCUT2D eigenvalue weighted by Crippen LogP contribution is -2.55. The SMILES string of the molecule is N#Cc1ccc(-c2ccc(C34CC5CC(C3)CC(c3ccc(-c6nc(-c7ccncc7)nc(-c7ccncc7)n6)cc3)(C5)C4)cc2)cc1. The fourth-order valence-corrected chi connectivity index (χ4v) is 9.43. The fraction of sp³-hybridized carbons (Fsp3) is 0.238. The molecule has 0 aliphatic heterocycles. The Morgan fingerprint density at radius 1 is 0.479 bits per heavy atom. The molecule has 4 bridgehead atoms.